The molecule has 1 heterocycles. The molecule has 2 N–H and O–H groups in total. The minimum absolute atomic E-state index is 0.102. The molecule has 16 heavy (non-hydrogen) atoms. The Bertz CT molecular complexity index is 194. The molecule has 0 aromatic heterocycles. The Hall–Kier alpha value is -0.120. The average molecular weight is 228 g/mol. The molecule has 1 aliphatic rings. The summed E-state index contributed by atoms with van der Waals surface area (Å²) in [6, 6.07) is 0. The molecule has 96 valence electrons. The SMILES string of the molecule is CN(CCCCCN)CC1CCC(C)(C)O1. The van der Waals surface area contributed by atoms with Crippen LogP contribution in [0.4, 0.5) is 0 Å². The lowest BCUT2D eigenvalue weighted by molar-refractivity contribution is -0.0260. The second-order valence-corrected chi connectivity index (χ2v) is 5.65. The van der Waals surface area contributed by atoms with Crippen LogP contribution in [0.3, 0.4) is 0 Å². The molecule has 1 saturated heterocycles. The zero-order chi connectivity index (χ0) is 12.0. The molecule has 1 unspecified atom stereocenters. The van der Waals surface area contributed by atoms with E-state index < -0.39 is 0 Å². The molecule has 0 spiro atoms. The number of rotatable bonds is 7. The predicted molar refractivity (Wildman–Crippen MR) is 68.6 cm³/mol. The maximum absolute atomic E-state index is 5.99. The van der Waals surface area contributed by atoms with Crippen molar-refractivity contribution in [2.24, 2.45) is 5.73 Å². The van der Waals surface area contributed by atoms with Gasteiger partial charge in [-0.25, -0.2) is 0 Å². The first kappa shape index (κ1) is 13.9. The maximum atomic E-state index is 5.99. The van der Waals surface area contributed by atoms with E-state index in [0.29, 0.717) is 6.10 Å². The number of hydrogen-bond acceptors (Lipinski definition) is 3. The van der Waals surface area contributed by atoms with Gasteiger partial charge in [0.1, 0.15) is 0 Å². The fraction of sp³-hybridized carbons (Fsp3) is 1.00. The van der Waals surface area contributed by atoms with Crippen LogP contribution in [-0.2, 0) is 4.74 Å². The molecule has 0 amide bonds. The lowest BCUT2D eigenvalue weighted by Crippen LogP contribution is -2.31. The van der Waals surface area contributed by atoms with Crippen LogP contribution in [0, 0.1) is 0 Å². The van der Waals surface area contributed by atoms with Crippen LogP contribution in [0.15, 0.2) is 0 Å². The quantitative estimate of drug-likeness (QED) is 0.677. The number of likely N-dealkylation sites (N-methyl/N-ethyl adjacent to an activating group) is 1. The lowest BCUT2D eigenvalue weighted by atomic mass is 10.1. The van der Waals surface area contributed by atoms with Crippen LogP contribution in [0.25, 0.3) is 0 Å². The molecule has 3 nitrogen and oxygen atoms in total. The second kappa shape index (κ2) is 6.58. The monoisotopic (exact) mass is 228 g/mol. The summed E-state index contributed by atoms with van der Waals surface area (Å²) in [5.74, 6) is 0. The summed E-state index contributed by atoms with van der Waals surface area (Å²) < 4.78 is 5.99. The molecule has 1 rings (SSSR count). The molecule has 1 atom stereocenters. The van der Waals surface area contributed by atoms with Crippen molar-refractivity contribution in [3.05, 3.63) is 0 Å². The highest BCUT2D eigenvalue weighted by molar-refractivity contribution is 4.82. The van der Waals surface area contributed by atoms with E-state index in [-0.39, 0.29) is 5.60 Å². The zero-order valence-corrected chi connectivity index (χ0v) is 11.2. The van der Waals surface area contributed by atoms with Crippen LogP contribution in [0.2, 0.25) is 0 Å². The Kier molecular flexibility index (Phi) is 5.73. The van der Waals surface area contributed by atoms with Gasteiger partial charge in [-0.3, -0.25) is 0 Å². The smallest absolute Gasteiger partial charge is 0.0710 e. The molecule has 3 heteroatoms. The molecule has 0 aromatic carbocycles. The van der Waals surface area contributed by atoms with Crippen molar-refractivity contribution < 1.29 is 4.74 Å². The van der Waals surface area contributed by atoms with E-state index in [1.165, 1.54) is 32.2 Å². The van der Waals surface area contributed by atoms with Gasteiger partial charge in [0.25, 0.3) is 0 Å². The van der Waals surface area contributed by atoms with Gasteiger partial charge in [0, 0.05) is 6.54 Å². The summed E-state index contributed by atoms with van der Waals surface area (Å²) in [5.41, 5.74) is 5.58. The van der Waals surface area contributed by atoms with Crippen molar-refractivity contribution in [2.75, 3.05) is 26.7 Å². The highest BCUT2D eigenvalue weighted by Gasteiger charge is 2.31. The van der Waals surface area contributed by atoms with Crippen LogP contribution >= 0.6 is 0 Å². The summed E-state index contributed by atoms with van der Waals surface area (Å²) in [6.45, 7) is 7.44. The third-order valence-corrected chi connectivity index (χ3v) is 3.31. The Morgan fingerprint density at radius 2 is 2.06 bits per heavy atom. The van der Waals surface area contributed by atoms with Crippen molar-refractivity contribution in [3.8, 4) is 0 Å². The van der Waals surface area contributed by atoms with Crippen molar-refractivity contribution in [1.82, 2.24) is 4.90 Å². The number of nitrogens with zero attached hydrogens (tertiary/aromatic N) is 1. The van der Waals surface area contributed by atoms with Crippen molar-refractivity contribution in [2.45, 2.75) is 57.7 Å². The van der Waals surface area contributed by atoms with E-state index in [1.807, 2.05) is 0 Å². The molecule has 0 bridgehead atoms. The van der Waals surface area contributed by atoms with E-state index in [9.17, 15) is 0 Å². The van der Waals surface area contributed by atoms with Gasteiger partial charge in [-0.2, -0.15) is 0 Å². The topological polar surface area (TPSA) is 38.5 Å². The summed E-state index contributed by atoms with van der Waals surface area (Å²) in [7, 11) is 2.19. The molecule has 0 aromatic rings. The standard InChI is InChI=1S/C13H28N2O/c1-13(2)8-7-12(16-13)11-15(3)10-6-4-5-9-14/h12H,4-11,14H2,1-3H3. The normalized spacial score (nSPS) is 24.2. The first-order valence-corrected chi connectivity index (χ1v) is 6.60. The summed E-state index contributed by atoms with van der Waals surface area (Å²) in [5, 5.41) is 0. The lowest BCUT2D eigenvalue weighted by Gasteiger charge is -2.23. The van der Waals surface area contributed by atoms with E-state index in [0.717, 1.165) is 19.5 Å². The Morgan fingerprint density at radius 1 is 1.31 bits per heavy atom. The van der Waals surface area contributed by atoms with Crippen LogP contribution < -0.4 is 5.73 Å². The highest BCUT2D eigenvalue weighted by Crippen LogP contribution is 2.29. The number of unbranched alkanes of at least 4 members (excludes halogenated alkanes) is 2. The summed E-state index contributed by atoms with van der Waals surface area (Å²) >= 11 is 0. The van der Waals surface area contributed by atoms with Gasteiger partial charge in [0.2, 0.25) is 0 Å². The van der Waals surface area contributed by atoms with Crippen molar-refractivity contribution in [3.63, 3.8) is 0 Å². The third-order valence-electron chi connectivity index (χ3n) is 3.31. The molecular formula is C13H28N2O. The molecular weight excluding hydrogens is 200 g/mol. The van der Waals surface area contributed by atoms with E-state index in [1.54, 1.807) is 0 Å². The summed E-state index contributed by atoms with van der Waals surface area (Å²) in [6.07, 6.45) is 6.50. The van der Waals surface area contributed by atoms with E-state index in [2.05, 4.69) is 25.8 Å². The van der Waals surface area contributed by atoms with Crippen molar-refractivity contribution >= 4 is 0 Å². The average Bonchev–Trinajstić information content (AvgIpc) is 2.53. The zero-order valence-electron chi connectivity index (χ0n) is 11.2. The number of ether oxygens (including phenoxy) is 1. The van der Waals surface area contributed by atoms with Crippen LogP contribution in [0.5, 0.6) is 0 Å². The Labute approximate surface area is 100 Å². The third kappa shape index (κ3) is 5.28. The van der Waals surface area contributed by atoms with Gasteiger partial charge in [-0.15, -0.1) is 0 Å². The predicted octanol–water partition coefficient (Wildman–Crippen LogP) is 2.00. The van der Waals surface area contributed by atoms with Crippen LogP contribution in [0.1, 0.15) is 46.0 Å². The second-order valence-electron chi connectivity index (χ2n) is 5.65. The van der Waals surface area contributed by atoms with Gasteiger partial charge in [-0.05, 0) is 59.7 Å². The fourth-order valence-corrected chi connectivity index (χ4v) is 2.35. The van der Waals surface area contributed by atoms with E-state index in [4.69, 9.17) is 10.5 Å². The van der Waals surface area contributed by atoms with Gasteiger partial charge in [-0.1, -0.05) is 6.42 Å². The first-order chi connectivity index (χ1) is 7.53. The fourth-order valence-electron chi connectivity index (χ4n) is 2.35. The van der Waals surface area contributed by atoms with Gasteiger partial charge in [0.15, 0.2) is 0 Å². The minimum atomic E-state index is 0.102. The largest absolute Gasteiger partial charge is 0.371 e. The Morgan fingerprint density at radius 3 is 2.62 bits per heavy atom. The molecule has 1 fully saturated rings. The highest BCUT2D eigenvalue weighted by atomic mass is 16.5. The molecule has 1 aliphatic heterocycles. The summed E-state index contributed by atoms with van der Waals surface area (Å²) in [4.78, 5) is 2.39. The number of hydrogen-bond donors (Lipinski definition) is 1. The van der Waals surface area contributed by atoms with Gasteiger partial charge < -0.3 is 15.4 Å². The van der Waals surface area contributed by atoms with Gasteiger partial charge >= 0.3 is 0 Å². The van der Waals surface area contributed by atoms with Crippen LogP contribution in [-0.4, -0.2) is 43.3 Å². The molecule has 0 radical (unpaired) electrons. The Balaban J connectivity index is 2.08. The van der Waals surface area contributed by atoms with E-state index >= 15 is 0 Å². The first-order valence-electron chi connectivity index (χ1n) is 6.60. The molecule has 0 saturated carbocycles. The van der Waals surface area contributed by atoms with Crippen molar-refractivity contribution in [1.29, 1.82) is 0 Å². The maximum Gasteiger partial charge on any atom is 0.0710 e. The minimum Gasteiger partial charge on any atom is -0.371 e. The van der Waals surface area contributed by atoms with Gasteiger partial charge in [0.05, 0.1) is 11.7 Å². The molecule has 0 aliphatic carbocycles. The number of nitrogens with two attached hydrogens (primary N) is 1.